The van der Waals surface area contributed by atoms with Crippen molar-refractivity contribution in [1.82, 2.24) is 9.80 Å². The number of rotatable bonds is 2. The molecule has 0 aromatic rings. The summed E-state index contributed by atoms with van der Waals surface area (Å²) in [6.07, 6.45) is 0.151. The number of morpholine rings is 1. The highest BCUT2D eigenvalue weighted by Gasteiger charge is 2.29. The second-order valence-electron chi connectivity index (χ2n) is 4.59. The minimum absolute atomic E-state index is 0.0210. The van der Waals surface area contributed by atoms with Crippen molar-refractivity contribution >= 4 is 22.9 Å². The van der Waals surface area contributed by atoms with E-state index in [0.29, 0.717) is 19.6 Å². The van der Waals surface area contributed by atoms with Gasteiger partial charge in [0.2, 0.25) is 5.91 Å². The number of thioether (sulfide) groups is 1. The van der Waals surface area contributed by atoms with Crippen LogP contribution in [0, 0.1) is 0 Å². The van der Waals surface area contributed by atoms with E-state index >= 15 is 0 Å². The van der Waals surface area contributed by atoms with Crippen LogP contribution in [0.5, 0.6) is 0 Å². The molecule has 17 heavy (non-hydrogen) atoms. The molecule has 2 aliphatic heterocycles. The maximum absolute atomic E-state index is 12.1. The topological polar surface area (TPSA) is 49.9 Å². The molecule has 6 heteroatoms. The van der Waals surface area contributed by atoms with Crippen LogP contribution >= 0.6 is 11.8 Å². The minimum atomic E-state index is 0.0210. The summed E-state index contributed by atoms with van der Waals surface area (Å²) in [5, 5.41) is 0.0210. The Morgan fingerprint density at radius 1 is 1.41 bits per heavy atom. The Labute approximate surface area is 105 Å². The number of nitrogens with zero attached hydrogens (tertiary/aromatic N) is 2. The van der Waals surface area contributed by atoms with Crippen LogP contribution in [-0.2, 0) is 9.53 Å². The SMILES string of the molecule is CC1CN(C(=O)CN2CCSC2=O)CC(C)O1. The molecule has 2 atom stereocenters. The fraction of sp³-hybridized carbons (Fsp3) is 0.818. The lowest BCUT2D eigenvalue weighted by Crippen LogP contribution is -2.51. The van der Waals surface area contributed by atoms with Gasteiger partial charge in [-0.1, -0.05) is 11.8 Å². The predicted octanol–water partition coefficient (Wildman–Crippen LogP) is 0.791. The molecule has 2 unspecified atom stereocenters. The first-order valence-corrected chi connectivity index (χ1v) is 6.89. The fourth-order valence-electron chi connectivity index (χ4n) is 2.21. The molecule has 0 bridgehead atoms. The van der Waals surface area contributed by atoms with Crippen LogP contribution in [-0.4, -0.2) is 65.1 Å². The van der Waals surface area contributed by atoms with E-state index in [9.17, 15) is 9.59 Å². The fourth-order valence-corrected chi connectivity index (χ4v) is 3.04. The van der Waals surface area contributed by atoms with Gasteiger partial charge in [-0.25, -0.2) is 0 Å². The van der Waals surface area contributed by atoms with Gasteiger partial charge in [-0.2, -0.15) is 0 Å². The number of ether oxygens (including phenoxy) is 1. The third-order valence-corrected chi connectivity index (χ3v) is 3.84. The van der Waals surface area contributed by atoms with Crippen molar-refractivity contribution < 1.29 is 14.3 Å². The van der Waals surface area contributed by atoms with Gasteiger partial charge in [0.15, 0.2) is 0 Å². The number of carbonyl (C=O) groups is 2. The van der Waals surface area contributed by atoms with Gasteiger partial charge < -0.3 is 14.5 Å². The lowest BCUT2D eigenvalue weighted by molar-refractivity contribution is -0.143. The van der Waals surface area contributed by atoms with Crippen LogP contribution in [0.25, 0.3) is 0 Å². The first-order valence-electron chi connectivity index (χ1n) is 5.91. The van der Waals surface area contributed by atoms with Gasteiger partial charge >= 0.3 is 0 Å². The molecular weight excluding hydrogens is 240 g/mol. The van der Waals surface area contributed by atoms with Crippen LogP contribution in [0.1, 0.15) is 13.8 Å². The second-order valence-corrected chi connectivity index (χ2v) is 5.64. The number of hydrogen-bond acceptors (Lipinski definition) is 4. The van der Waals surface area contributed by atoms with Gasteiger partial charge in [0.25, 0.3) is 5.24 Å². The lowest BCUT2D eigenvalue weighted by atomic mass is 10.2. The lowest BCUT2D eigenvalue weighted by Gasteiger charge is -2.36. The summed E-state index contributed by atoms with van der Waals surface area (Å²) in [5.41, 5.74) is 0. The van der Waals surface area contributed by atoms with Gasteiger partial charge in [0.05, 0.1) is 12.2 Å². The monoisotopic (exact) mass is 258 g/mol. The Bertz CT molecular complexity index is 314. The van der Waals surface area contributed by atoms with E-state index in [-0.39, 0.29) is 29.9 Å². The van der Waals surface area contributed by atoms with E-state index in [1.54, 1.807) is 9.80 Å². The standard InChI is InChI=1S/C11H18N2O3S/c1-8-5-13(6-9(2)16-8)10(14)7-12-3-4-17-11(12)15/h8-9H,3-7H2,1-2H3. The molecular formula is C11H18N2O3S. The highest BCUT2D eigenvalue weighted by molar-refractivity contribution is 8.13. The molecule has 0 spiro atoms. The normalized spacial score (nSPS) is 29.9. The van der Waals surface area contributed by atoms with E-state index < -0.39 is 0 Å². The summed E-state index contributed by atoms with van der Waals surface area (Å²) in [7, 11) is 0. The van der Waals surface area contributed by atoms with Crippen molar-refractivity contribution in [3.05, 3.63) is 0 Å². The minimum Gasteiger partial charge on any atom is -0.372 e. The summed E-state index contributed by atoms with van der Waals surface area (Å²) in [5.74, 6) is 0.824. The Morgan fingerprint density at radius 3 is 2.59 bits per heavy atom. The summed E-state index contributed by atoms with van der Waals surface area (Å²) in [6.45, 7) is 6.08. The quantitative estimate of drug-likeness (QED) is 0.735. The van der Waals surface area contributed by atoms with E-state index in [2.05, 4.69) is 0 Å². The first kappa shape index (κ1) is 12.7. The smallest absolute Gasteiger partial charge is 0.282 e. The van der Waals surface area contributed by atoms with Crippen molar-refractivity contribution in [2.24, 2.45) is 0 Å². The highest BCUT2D eigenvalue weighted by Crippen LogP contribution is 2.18. The molecule has 5 nitrogen and oxygen atoms in total. The number of amides is 2. The number of carbonyl (C=O) groups excluding carboxylic acids is 2. The molecule has 2 rings (SSSR count). The third-order valence-electron chi connectivity index (χ3n) is 2.94. The van der Waals surface area contributed by atoms with E-state index in [4.69, 9.17) is 4.74 Å². The zero-order chi connectivity index (χ0) is 12.4. The molecule has 0 aromatic carbocycles. The highest BCUT2D eigenvalue weighted by atomic mass is 32.2. The molecule has 2 saturated heterocycles. The van der Waals surface area contributed by atoms with Crippen LogP contribution in [0.2, 0.25) is 0 Å². The van der Waals surface area contributed by atoms with Gasteiger partial charge in [-0.3, -0.25) is 9.59 Å². The second kappa shape index (κ2) is 5.27. The Morgan fingerprint density at radius 2 is 2.06 bits per heavy atom. The Kier molecular flexibility index (Phi) is 3.93. The van der Waals surface area contributed by atoms with Gasteiger partial charge in [-0.15, -0.1) is 0 Å². The molecule has 2 amide bonds. The summed E-state index contributed by atoms with van der Waals surface area (Å²) in [4.78, 5) is 26.9. The van der Waals surface area contributed by atoms with Crippen molar-refractivity contribution in [3.63, 3.8) is 0 Å². The average Bonchev–Trinajstić information content (AvgIpc) is 2.63. The number of hydrogen-bond donors (Lipinski definition) is 0. The maximum Gasteiger partial charge on any atom is 0.282 e. The van der Waals surface area contributed by atoms with Gasteiger partial charge in [0, 0.05) is 25.4 Å². The molecule has 0 saturated carbocycles. The van der Waals surface area contributed by atoms with Crippen LogP contribution in [0.3, 0.4) is 0 Å². The molecule has 2 heterocycles. The van der Waals surface area contributed by atoms with E-state index in [1.165, 1.54) is 11.8 Å². The molecule has 0 aromatic heterocycles. The maximum atomic E-state index is 12.1. The zero-order valence-electron chi connectivity index (χ0n) is 10.2. The summed E-state index contributed by atoms with van der Waals surface area (Å²) in [6, 6.07) is 0. The van der Waals surface area contributed by atoms with E-state index in [0.717, 1.165) is 5.75 Å². The zero-order valence-corrected chi connectivity index (χ0v) is 11.0. The summed E-state index contributed by atoms with van der Waals surface area (Å²) < 4.78 is 5.58. The van der Waals surface area contributed by atoms with Gasteiger partial charge in [0.1, 0.15) is 6.54 Å². The van der Waals surface area contributed by atoms with Crippen LogP contribution in [0.4, 0.5) is 4.79 Å². The average molecular weight is 258 g/mol. The molecule has 0 aliphatic carbocycles. The first-order chi connectivity index (χ1) is 8.06. The van der Waals surface area contributed by atoms with Crippen molar-refractivity contribution in [2.75, 3.05) is 31.9 Å². The van der Waals surface area contributed by atoms with Crippen molar-refractivity contribution in [2.45, 2.75) is 26.1 Å². The van der Waals surface area contributed by atoms with Gasteiger partial charge in [-0.05, 0) is 13.8 Å². The third kappa shape index (κ3) is 3.13. The molecule has 96 valence electrons. The Hall–Kier alpha value is -0.750. The predicted molar refractivity (Wildman–Crippen MR) is 66.0 cm³/mol. The van der Waals surface area contributed by atoms with Crippen molar-refractivity contribution in [3.8, 4) is 0 Å². The van der Waals surface area contributed by atoms with E-state index in [1.807, 2.05) is 13.8 Å². The molecule has 0 radical (unpaired) electrons. The van der Waals surface area contributed by atoms with Crippen LogP contribution in [0.15, 0.2) is 0 Å². The molecule has 2 aliphatic rings. The summed E-state index contributed by atoms with van der Waals surface area (Å²) >= 11 is 1.29. The largest absolute Gasteiger partial charge is 0.372 e. The van der Waals surface area contributed by atoms with Crippen molar-refractivity contribution in [1.29, 1.82) is 0 Å². The molecule has 0 N–H and O–H groups in total. The van der Waals surface area contributed by atoms with Crippen LogP contribution < -0.4 is 0 Å². The Balaban J connectivity index is 1.88. The molecule has 2 fully saturated rings.